The lowest BCUT2D eigenvalue weighted by molar-refractivity contribution is -0.384. The van der Waals surface area contributed by atoms with Crippen molar-refractivity contribution in [2.24, 2.45) is 0 Å². The summed E-state index contributed by atoms with van der Waals surface area (Å²) >= 11 is 5.78. The van der Waals surface area contributed by atoms with Crippen molar-refractivity contribution in [3.8, 4) is 0 Å². The lowest BCUT2D eigenvalue weighted by atomic mass is 10.1. The molecule has 1 aromatic carbocycles. The lowest BCUT2D eigenvalue weighted by Crippen LogP contribution is -2.30. The fourth-order valence-corrected chi connectivity index (χ4v) is 2.51. The monoisotopic (exact) mass is 297 g/mol. The molecule has 1 aromatic rings. The average molecular weight is 298 g/mol. The molecular weight excluding hydrogens is 282 g/mol. The Balaban J connectivity index is 1.92. The number of non-ortho nitro benzene ring substituents is 1. The summed E-state index contributed by atoms with van der Waals surface area (Å²) in [6, 6.07) is 4.33. The molecule has 0 saturated carbocycles. The maximum atomic E-state index is 11.9. The van der Waals surface area contributed by atoms with Crippen LogP contribution in [0.25, 0.3) is 0 Å². The SMILES string of the molecule is O=C(NCC[C@H]1CCCN1)c1cc(Cl)cc([N+](=O)[O-])c1. The van der Waals surface area contributed by atoms with Gasteiger partial charge in [0.25, 0.3) is 11.6 Å². The van der Waals surface area contributed by atoms with Crippen LogP contribution in [0.3, 0.4) is 0 Å². The van der Waals surface area contributed by atoms with Crippen molar-refractivity contribution in [1.29, 1.82) is 0 Å². The van der Waals surface area contributed by atoms with Gasteiger partial charge >= 0.3 is 0 Å². The van der Waals surface area contributed by atoms with Crippen molar-refractivity contribution in [1.82, 2.24) is 10.6 Å². The van der Waals surface area contributed by atoms with Crippen LogP contribution >= 0.6 is 11.6 Å². The van der Waals surface area contributed by atoms with Gasteiger partial charge in [0, 0.05) is 35.3 Å². The molecule has 20 heavy (non-hydrogen) atoms. The molecule has 0 radical (unpaired) electrons. The highest BCUT2D eigenvalue weighted by molar-refractivity contribution is 6.31. The van der Waals surface area contributed by atoms with Gasteiger partial charge in [0.1, 0.15) is 0 Å². The number of nitrogens with one attached hydrogen (secondary N) is 2. The van der Waals surface area contributed by atoms with Crippen LogP contribution in [-0.2, 0) is 0 Å². The molecule has 1 saturated heterocycles. The molecule has 1 fully saturated rings. The Bertz CT molecular complexity index is 516. The van der Waals surface area contributed by atoms with Gasteiger partial charge in [0.15, 0.2) is 0 Å². The van der Waals surface area contributed by atoms with Crippen molar-refractivity contribution in [3.63, 3.8) is 0 Å². The summed E-state index contributed by atoms with van der Waals surface area (Å²) in [6.07, 6.45) is 3.14. The third-order valence-corrected chi connectivity index (χ3v) is 3.51. The van der Waals surface area contributed by atoms with Crippen molar-refractivity contribution in [2.45, 2.75) is 25.3 Å². The predicted octanol–water partition coefficient (Wildman–Crippen LogP) is 2.12. The molecule has 2 rings (SSSR count). The molecule has 0 spiro atoms. The number of nitrogens with zero attached hydrogens (tertiary/aromatic N) is 1. The number of rotatable bonds is 5. The summed E-state index contributed by atoms with van der Waals surface area (Å²) in [6.45, 7) is 1.57. The Labute approximate surface area is 121 Å². The zero-order chi connectivity index (χ0) is 14.5. The zero-order valence-electron chi connectivity index (χ0n) is 10.9. The molecule has 7 heteroatoms. The minimum absolute atomic E-state index is 0.180. The van der Waals surface area contributed by atoms with Crippen LogP contribution in [0.2, 0.25) is 5.02 Å². The number of halogens is 1. The standard InChI is InChI=1S/C13H16ClN3O3/c14-10-6-9(7-12(8-10)17(19)20)13(18)16-5-3-11-2-1-4-15-11/h6-8,11,15H,1-5H2,(H,16,18)/t11-/m1/s1. The molecule has 2 N–H and O–H groups in total. The zero-order valence-corrected chi connectivity index (χ0v) is 11.7. The van der Waals surface area contributed by atoms with Crippen LogP contribution in [0.1, 0.15) is 29.6 Å². The van der Waals surface area contributed by atoms with Crippen LogP contribution in [-0.4, -0.2) is 30.0 Å². The molecule has 0 bridgehead atoms. The Kier molecular flexibility index (Phi) is 4.92. The topological polar surface area (TPSA) is 84.3 Å². The van der Waals surface area contributed by atoms with Crippen LogP contribution in [0.4, 0.5) is 5.69 Å². The molecule has 1 aliphatic heterocycles. The first-order chi connectivity index (χ1) is 9.56. The maximum Gasteiger partial charge on any atom is 0.271 e. The van der Waals surface area contributed by atoms with E-state index in [9.17, 15) is 14.9 Å². The van der Waals surface area contributed by atoms with E-state index in [1.807, 2.05) is 0 Å². The van der Waals surface area contributed by atoms with Crippen molar-refractivity contribution in [2.75, 3.05) is 13.1 Å². The predicted molar refractivity (Wildman–Crippen MR) is 76.1 cm³/mol. The van der Waals surface area contributed by atoms with Gasteiger partial charge in [-0.15, -0.1) is 0 Å². The summed E-state index contributed by atoms with van der Waals surface area (Å²) in [5.74, 6) is -0.339. The van der Waals surface area contributed by atoms with Crippen LogP contribution in [0.15, 0.2) is 18.2 Å². The number of nitro benzene ring substituents is 1. The first-order valence-corrected chi connectivity index (χ1v) is 6.90. The number of carbonyl (C=O) groups is 1. The number of nitro groups is 1. The van der Waals surface area contributed by atoms with E-state index < -0.39 is 4.92 Å². The summed E-state index contributed by atoms with van der Waals surface area (Å²) in [5.41, 5.74) is 0.0312. The molecule has 0 aromatic heterocycles. The van der Waals surface area contributed by atoms with E-state index in [0.717, 1.165) is 19.4 Å². The molecule has 0 aliphatic carbocycles. The number of amides is 1. The Morgan fingerprint density at radius 2 is 2.30 bits per heavy atom. The highest BCUT2D eigenvalue weighted by Crippen LogP contribution is 2.20. The molecule has 1 atom stereocenters. The molecule has 0 unspecified atom stereocenters. The van der Waals surface area contributed by atoms with E-state index in [1.165, 1.54) is 24.6 Å². The first kappa shape index (κ1) is 14.7. The van der Waals surface area contributed by atoms with Crippen LogP contribution < -0.4 is 10.6 Å². The summed E-state index contributed by atoms with van der Waals surface area (Å²) in [7, 11) is 0. The third kappa shape index (κ3) is 3.91. The highest BCUT2D eigenvalue weighted by Gasteiger charge is 2.16. The second-order valence-corrected chi connectivity index (χ2v) is 5.23. The third-order valence-electron chi connectivity index (χ3n) is 3.30. The molecular formula is C13H16ClN3O3. The molecule has 1 amide bonds. The van der Waals surface area contributed by atoms with Gasteiger partial charge in [-0.2, -0.15) is 0 Å². The fourth-order valence-electron chi connectivity index (χ4n) is 2.28. The summed E-state index contributed by atoms with van der Waals surface area (Å²) < 4.78 is 0. The van der Waals surface area contributed by atoms with Gasteiger partial charge in [-0.1, -0.05) is 11.6 Å². The van der Waals surface area contributed by atoms with Crippen molar-refractivity contribution < 1.29 is 9.72 Å². The smallest absolute Gasteiger partial charge is 0.271 e. The minimum Gasteiger partial charge on any atom is -0.352 e. The normalized spacial score (nSPS) is 17.9. The summed E-state index contributed by atoms with van der Waals surface area (Å²) in [5, 5.41) is 17.0. The van der Waals surface area contributed by atoms with Gasteiger partial charge in [-0.25, -0.2) is 0 Å². The second kappa shape index (κ2) is 6.67. The largest absolute Gasteiger partial charge is 0.352 e. The van der Waals surface area contributed by atoms with E-state index in [2.05, 4.69) is 10.6 Å². The van der Waals surface area contributed by atoms with Crippen LogP contribution in [0.5, 0.6) is 0 Å². The first-order valence-electron chi connectivity index (χ1n) is 6.53. The average Bonchev–Trinajstić information content (AvgIpc) is 2.91. The van der Waals surface area contributed by atoms with Crippen molar-refractivity contribution >= 4 is 23.2 Å². The lowest BCUT2D eigenvalue weighted by Gasteiger charge is -2.10. The maximum absolute atomic E-state index is 11.9. The Hall–Kier alpha value is -1.66. The number of hydrogen-bond donors (Lipinski definition) is 2. The quantitative estimate of drug-likeness (QED) is 0.644. The molecule has 1 heterocycles. The molecule has 6 nitrogen and oxygen atoms in total. The van der Waals surface area contributed by atoms with Gasteiger partial charge in [0.2, 0.25) is 0 Å². The highest BCUT2D eigenvalue weighted by atomic mass is 35.5. The van der Waals surface area contributed by atoms with E-state index >= 15 is 0 Å². The Morgan fingerprint density at radius 3 is 2.95 bits per heavy atom. The van der Waals surface area contributed by atoms with E-state index in [4.69, 9.17) is 11.6 Å². The summed E-state index contributed by atoms with van der Waals surface area (Å²) in [4.78, 5) is 22.1. The van der Waals surface area contributed by atoms with E-state index in [1.54, 1.807) is 0 Å². The van der Waals surface area contributed by atoms with E-state index in [-0.39, 0.29) is 22.2 Å². The van der Waals surface area contributed by atoms with Gasteiger partial charge in [0.05, 0.1) is 4.92 Å². The van der Waals surface area contributed by atoms with Crippen molar-refractivity contribution in [3.05, 3.63) is 38.9 Å². The number of carbonyl (C=O) groups excluding carboxylic acids is 1. The molecule has 1 aliphatic rings. The minimum atomic E-state index is -0.564. The number of benzene rings is 1. The van der Waals surface area contributed by atoms with Gasteiger partial charge < -0.3 is 10.6 Å². The van der Waals surface area contributed by atoms with Gasteiger partial charge in [-0.05, 0) is 31.9 Å². The van der Waals surface area contributed by atoms with Crippen LogP contribution in [0, 0.1) is 10.1 Å². The second-order valence-electron chi connectivity index (χ2n) is 4.79. The van der Waals surface area contributed by atoms with Gasteiger partial charge in [-0.3, -0.25) is 14.9 Å². The molecule has 108 valence electrons. The number of hydrogen-bond acceptors (Lipinski definition) is 4. The van der Waals surface area contributed by atoms with E-state index in [0.29, 0.717) is 12.6 Å². The Morgan fingerprint density at radius 1 is 1.50 bits per heavy atom. The fraction of sp³-hybridized carbons (Fsp3) is 0.462.